The summed E-state index contributed by atoms with van der Waals surface area (Å²) in [6.07, 6.45) is 0. The van der Waals surface area contributed by atoms with E-state index in [4.69, 9.17) is 22.8 Å². The monoisotopic (exact) mass is 801 g/mol. The largest absolute Gasteiger partial charge is 0.435 e. The molecule has 0 saturated carbocycles. The van der Waals surface area contributed by atoms with E-state index in [1.807, 2.05) is 92.7 Å². The fraction of sp³-hybridized carbons (Fsp3) is 0.0435. The van der Waals surface area contributed by atoms with E-state index in [2.05, 4.69) is 4.98 Å². The van der Waals surface area contributed by atoms with Gasteiger partial charge in [-0.15, -0.1) is 0 Å². The molecule has 12 heteroatoms. The second kappa shape index (κ2) is 13.3. The lowest BCUT2D eigenvalue weighted by Gasteiger charge is -2.16. The van der Waals surface area contributed by atoms with E-state index in [0.29, 0.717) is 22.1 Å². The first-order valence-electron chi connectivity index (χ1n) is 18.3. The zero-order chi connectivity index (χ0) is 39.8. The van der Waals surface area contributed by atoms with Crippen molar-refractivity contribution in [3.05, 3.63) is 157 Å². The van der Waals surface area contributed by atoms with Gasteiger partial charge in [0.1, 0.15) is 21.1 Å². The van der Waals surface area contributed by atoms with Crippen LogP contribution in [0.15, 0.2) is 160 Å². The van der Waals surface area contributed by atoms with Crippen molar-refractivity contribution in [1.29, 1.82) is 0 Å². The molecule has 0 aliphatic carbocycles. The molecule has 284 valence electrons. The van der Waals surface area contributed by atoms with E-state index >= 15 is 0 Å². The van der Waals surface area contributed by atoms with E-state index < -0.39 is 20.2 Å². The van der Waals surface area contributed by atoms with Crippen LogP contribution in [0, 0.1) is 13.8 Å². The normalized spacial score (nSPS) is 12.2. The first kappa shape index (κ1) is 35.4. The Morgan fingerprint density at radius 3 is 1.69 bits per heavy atom. The summed E-state index contributed by atoms with van der Waals surface area (Å²) < 4.78 is 74.6. The summed E-state index contributed by atoms with van der Waals surface area (Å²) in [6, 6.07) is 42.4. The lowest BCUT2D eigenvalue weighted by molar-refractivity contribution is 0.478. The van der Waals surface area contributed by atoms with Gasteiger partial charge >= 0.3 is 20.2 Å². The highest BCUT2D eigenvalue weighted by atomic mass is 32.2. The van der Waals surface area contributed by atoms with Crippen molar-refractivity contribution in [2.75, 3.05) is 0 Å². The third-order valence-corrected chi connectivity index (χ3v) is 12.7. The molecule has 0 radical (unpaired) electrons. The maximum absolute atomic E-state index is 14.1. The summed E-state index contributed by atoms with van der Waals surface area (Å²) >= 11 is 0. The number of aryl methyl sites for hydroxylation is 2. The van der Waals surface area contributed by atoms with Gasteiger partial charge in [0.05, 0.1) is 22.2 Å². The van der Waals surface area contributed by atoms with Crippen molar-refractivity contribution in [3.63, 3.8) is 0 Å². The summed E-state index contributed by atoms with van der Waals surface area (Å²) in [5.41, 5.74) is 4.14. The van der Waals surface area contributed by atoms with Gasteiger partial charge in [-0.1, -0.05) is 114 Å². The second-order valence-corrected chi connectivity index (χ2v) is 17.2. The maximum atomic E-state index is 14.1. The predicted octanol–water partition coefficient (Wildman–Crippen LogP) is 10.6. The van der Waals surface area contributed by atoms with Crippen molar-refractivity contribution >= 4 is 74.7 Å². The van der Waals surface area contributed by atoms with Gasteiger partial charge in [0.15, 0.2) is 17.1 Å². The minimum absolute atomic E-state index is 0.0220. The van der Waals surface area contributed by atoms with Crippen LogP contribution in [0.5, 0.6) is 11.5 Å². The molecular weight excluding hydrogens is 771 g/mol. The molecule has 0 unspecified atom stereocenters. The van der Waals surface area contributed by atoms with Crippen LogP contribution in [0.4, 0.5) is 0 Å². The number of nitrogens with zero attached hydrogens (tertiary/aromatic N) is 2. The van der Waals surface area contributed by atoms with Crippen molar-refractivity contribution in [2.45, 2.75) is 23.6 Å². The molecular formula is C46H31N3O7S2. The van der Waals surface area contributed by atoms with Crippen molar-refractivity contribution in [3.8, 4) is 34.3 Å². The van der Waals surface area contributed by atoms with Gasteiger partial charge in [-0.25, -0.2) is 9.97 Å². The number of rotatable bonds is 8. The minimum atomic E-state index is -4.46. The van der Waals surface area contributed by atoms with Crippen LogP contribution in [0.2, 0.25) is 0 Å². The number of aromatic amines is 1. The van der Waals surface area contributed by atoms with Crippen LogP contribution < -0.4 is 8.37 Å². The number of nitrogens with one attached hydrogen (secondary N) is 1. The van der Waals surface area contributed by atoms with Crippen molar-refractivity contribution in [1.82, 2.24) is 15.0 Å². The highest BCUT2D eigenvalue weighted by Gasteiger charge is 2.29. The van der Waals surface area contributed by atoms with Gasteiger partial charge in [-0.05, 0) is 72.5 Å². The Kier molecular flexibility index (Phi) is 8.11. The smallest absolute Gasteiger partial charge is 0.339 e. The zero-order valence-corrected chi connectivity index (χ0v) is 32.6. The Hall–Kier alpha value is -7.02. The van der Waals surface area contributed by atoms with Crippen LogP contribution in [0.1, 0.15) is 11.1 Å². The van der Waals surface area contributed by atoms with Crippen molar-refractivity contribution < 1.29 is 29.6 Å². The molecule has 0 atom stereocenters. The molecule has 0 amide bonds. The van der Waals surface area contributed by atoms with Gasteiger partial charge < -0.3 is 17.8 Å². The number of imidazole rings is 1. The van der Waals surface area contributed by atoms with Crippen LogP contribution in [-0.2, 0) is 20.2 Å². The summed E-state index contributed by atoms with van der Waals surface area (Å²) in [5.74, 6) is -0.179. The fourth-order valence-electron chi connectivity index (χ4n) is 7.31. The number of fused-ring (bicyclic) bond motifs is 9. The van der Waals surface area contributed by atoms with E-state index in [0.717, 1.165) is 43.4 Å². The van der Waals surface area contributed by atoms with Gasteiger partial charge in [0, 0.05) is 16.2 Å². The Morgan fingerprint density at radius 2 is 1.05 bits per heavy atom. The third-order valence-electron chi connectivity index (χ3n) is 10.2. The fourth-order valence-corrected chi connectivity index (χ4v) is 9.19. The summed E-state index contributed by atoms with van der Waals surface area (Å²) in [4.78, 5) is 13.0. The van der Waals surface area contributed by atoms with Gasteiger partial charge in [-0.3, -0.25) is 0 Å². The number of hydrogen-bond acceptors (Lipinski definition) is 9. The Morgan fingerprint density at radius 1 is 0.534 bits per heavy atom. The molecule has 10 nitrogen and oxygen atoms in total. The number of aromatic nitrogens is 3. The molecule has 0 saturated heterocycles. The molecule has 58 heavy (non-hydrogen) atoms. The summed E-state index contributed by atoms with van der Waals surface area (Å²) in [6.45, 7) is 3.70. The zero-order valence-electron chi connectivity index (χ0n) is 30.9. The minimum Gasteiger partial charge on any atom is -0.435 e. The molecule has 0 aliphatic heterocycles. The summed E-state index contributed by atoms with van der Waals surface area (Å²) in [5, 5.41) is 5.41. The predicted molar refractivity (Wildman–Crippen MR) is 225 cm³/mol. The molecule has 0 bridgehead atoms. The number of oxazole rings is 1. The molecule has 0 aliphatic rings. The average Bonchev–Trinajstić information content (AvgIpc) is 3.88. The first-order chi connectivity index (χ1) is 28.0. The lowest BCUT2D eigenvalue weighted by atomic mass is 10.0. The summed E-state index contributed by atoms with van der Waals surface area (Å²) in [7, 11) is -8.92. The maximum Gasteiger partial charge on any atom is 0.339 e. The molecule has 2 heterocycles. The third kappa shape index (κ3) is 6.01. The van der Waals surface area contributed by atoms with Gasteiger partial charge in [-0.2, -0.15) is 16.8 Å². The van der Waals surface area contributed by atoms with E-state index in [-0.39, 0.29) is 44.1 Å². The highest BCUT2D eigenvalue weighted by Crippen LogP contribution is 2.45. The number of H-pyrrole nitrogens is 1. The molecule has 0 spiro atoms. The Bertz CT molecular complexity index is 3430. The Balaban J connectivity index is 1.26. The van der Waals surface area contributed by atoms with Crippen LogP contribution in [-0.4, -0.2) is 31.8 Å². The highest BCUT2D eigenvalue weighted by molar-refractivity contribution is 7.87. The number of benzene rings is 8. The van der Waals surface area contributed by atoms with Gasteiger partial charge in [0.2, 0.25) is 5.89 Å². The number of hydrogen-bond donors (Lipinski definition) is 1. The van der Waals surface area contributed by atoms with E-state index in [1.165, 1.54) is 36.4 Å². The first-order valence-corrected chi connectivity index (χ1v) is 21.1. The standard InChI is InChI=1S/C46H31N3O7S2/c1-27-15-20-30(21-16-27)57(50,51)55-40-26-38(46-47-39-24-19-29-9-3-4-10-32(29)44(39)54-46)41(56-58(52,53)31-22-17-28(2)18-23-31)25-37(40)45-48-42-35-13-7-5-11-33(35)34-12-6-8-14-36(34)43(42)49-45/h3-26H,1-2H3,(H,48,49). The van der Waals surface area contributed by atoms with Crippen LogP contribution in [0.3, 0.4) is 0 Å². The quantitative estimate of drug-likeness (QED) is 0.117. The molecule has 10 rings (SSSR count). The van der Waals surface area contributed by atoms with Gasteiger partial charge in [0.25, 0.3) is 0 Å². The van der Waals surface area contributed by atoms with Crippen molar-refractivity contribution in [2.24, 2.45) is 0 Å². The molecule has 8 aromatic carbocycles. The second-order valence-electron chi connectivity index (χ2n) is 14.1. The molecule has 2 aromatic heterocycles. The van der Waals surface area contributed by atoms with E-state index in [9.17, 15) is 16.8 Å². The van der Waals surface area contributed by atoms with Crippen LogP contribution in [0.25, 0.3) is 77.3 Å². The molecule has 1 N–H and O–H groups in total. The average molecular weight is 802 g/mol. The topological polar surface area (TPSA) is 141 Å². The Labute approximate surface area is 332 Å². The van der Waals surface area contributed by atoms with Crippen LogP contribution >= 0.6 is 0 Å². The lowest BCUT2D eigenvalue weighted by Crippen LogP contribution is -2.13. The molecule has 0 fully saturated rings. The SMILES string of the molecule is Cc1ccc(S(=O)(=O)Oc2cc(-c3nc4ccc5ccccc5c4o3)c(OS(=O)(=O)c3ccc(C)cc3)cc2-c2nc3c4ccccc4c4ccccc4c3[nH]2)cc1. The van der Waals surface area contributed by atoms with E-state index in [1.54, 1.807) is 30.3 Å². The molecule has 10 aromatic rings.